The van der Waals surface area contributed by atoms with Crippen LogP contribution in [0.15, 0.2) is 30.3 Å². The Morgan fingerprint density at radius 1 is 1.18 bits per heavy atom. The van der Waals surface area contributed by atoms with Crippen LogP contribution in [-0.2, 0) is 2.14 Å². The van der Waals surface area contributed by atoms with Crippen molar-refractivity contribution in [3.63, 3.8) is 0 Å². The molecule has 1 heterocycles. The Bertz CT molecular complexity index is 596. The predicted octanol–water partition coefficient (Wildman–Crippen LogP) is 4.44. The first-order valence-electron chi connectivity index (χ1n) is 4.51. The lowest BCUT2D eigenvalue weighted by molar-refractivity contribution is -0.383. The molecule has 0 fully saturated rings. The van der Waals surface area contributed by atoms with E-state index >= 15 is 0 Å². The first-order valence-corrected chi connectivity index (χ1v) is 6.89. The molecule has 17 heavy (non-hydrogen) atoms. The number of non-ortho nitro benzene ring substituents is 1. The third-order valence-electron chi connectivity index (χ3n) is 2.19. The van der Waals surface area contributed by atoms with Crippen molar-refractivity contribution < 1.29 is 4.92 Å². The van der Waals surface area contributed by atoms with Crippen molar-refractivity contribution in [2.24, 2.45) is 0 Å². The molecule has 0 aliphatic heterocycles. The quantitative estimate of drug-likeness (QED) is 0.386. The first kappa shape index (κ1) is 12.9. The summed E-state index contributed by atoms with van der Waals surface area (Å²) in [5, 5.41) is 11.6. The average molecular weight is 425 g/mol. The van der Waals surface area contributed by atoms with E-state index in [9.17, 15) is 10.1 Å². The Morgan fingerprint density at radius 2 is 1.88 bits per heavy atom. The Balaban J connectivity index is 2.75. The Labute approximate surface area is 122 Å². The Hall–Kier alpha value is -0.530. The summed E-state index contributed by atoms with van der Waals surface area (Å²) in [7, 11) is 0. The van der Waals surface area contributed by atoms with Gasteiger partial charge in [-0.25, -0.2) is 4.98 Å². The van der Waals surface area contributed by atoms with E-state index in [4.69, 9.17) is 0 Å². The normalized spacial score (nSPS) is 11.7. The van der Waals surface area contributed by atoms with Crippen LogP contribution in [0.1, 0.15) is 5.69 Å². The SMILES string of the molecule is O=[N+]([O-])c1cccc2ccc(C(Br)(Br)Br)nc12. The van der Waals surface area contributed by atoms with Gasteiger partial charge in [0, 0.05) is 11.5 Å². The minimum absolute atomic E-state index is 0.00102. The molecule has 1 aromatic carbocycles. The van der Waals surface area contributed by atoms with Crippen LogP contribution in [0.2, 0.25) is 0 Å². The topological polar surface area (TPSA) is 56.0 Å². The van der Waals surface area contributed by atoms with E-state index in [2.05, 4.69) is 52.8 Å². The van der Waals surface area contributed by atoms with Crippen LogP contribution in [0.25, 0.3) is 10.9 Å². The highest BCUT2D eigenvalue weighted by Crippen LogP contribution is 2.44. The summed E-state index contributed by atoms with van der Waals surface area (Å²) in [4.78, 5) is 14.8. The van der Waals surface area contributed by atoms with Gasteiger partial charge in [0.15, 0.2) is 2.14 Å². The largest absolute Gasteiger partial charge is 0.295 e. The van der Waals surface area contributed by atoms with Crippen LogP contribution in [0, 0.1) is 10.1 Å². The van der Waals surface area contributed by atoms with Gasteiger partial charge in [-0.15, -0.1) is 0 Å². The average Bonchev–Trinajstić information content (AvgIpc) is 2.26. The van der Waals surface area contributed by atoms with Gasteiger partial charge >= 0.3 is 0 Å². The number of benzene rings is 1. The highest BCUT2D eigenvalue weighted by molar-refractivity contribution is 9.38. The molecular weight excluding hydrogens is 420 g/mol. The van der Waals surface area contributed by atoms with E-state index in [0.29, 0.717) is 11.2 Å². The highest BCUT2D eigenvalue weighted by Gasteiger charge is 2.24. The molecule has 0 bridgehead atoms. The maximum atomic E-state index is 10.9. The van der Waals surface area contributed by atoms with Gasteiger partial charge in [-0.05, 0) is 6.07 Å². The summed E-state index contributed by atoms with van der Waals surface area (Å²) in [6.07, 6.45) is 0. The molecule has 0 N–H and O–H groups in total. The first-order chi connectivity index (χ1) is 7.89. The van der Waals surface area contributed by atoms with Crippen molar-refractivity contribution in [1.29, 1.82) is 0 Å². The van der Waals surface area contributed by atoms with E-state index in [1.54, 1.807) is 24.3 Å². The zero-order valence-corrected chi connectivity index (χ0v) is 13.0. The third-order valence-corrected chi connectivity index (χ3v) is 3.40. The number of nitro groups is 1. The van der Waals surface area contributed by atoms with E-state index in [1.165, 1.54) is 6.07 Å². The molecule has 0 spiro atoms. The highest BCUT2D eigenvalue weighted by atomic mass is 80.0. The molecule has 0 radical (unpaired) electrons. The van der Waals surface area contributed by atoms with Gasteiger partial charge in [-0.3, -0.25) is 10.1 Å². The number of nitro benzene ring substituents is 1. The van der Waals surface area contributed by atoms with Gasteiger partial charge in [0.1, 0.15) is 5.52 Å². The number of rotatable bonds is 1. The smallest absolute Gasteiger partial charge is 0.258 e. The molecule has 0 saturated heterocycles. The molecule has 0 atom stereocenters. The summed E-state index contributed by atoms with van der Waals surface area (Å²) in [5.74, 6) is 0. The minimum atomic E-state index is -0.676. The van der Waals surface area contributed by atoms with E-state index in [0.717, 1.165) is 5.39 Å². The summed E-state index contributed by atoms with van der Waals surface area (Å²) in [6, 6.07) is 8.45. The molecule has 4 nitrogen and oxygen atoms in total. The fraction of sp³-hybridized carbons (Fsp3) is 0.100. The van der Waals surface area contributed by atoms with E-state index in [-0.39, 0.29) is 5.69 Å². The molecule has 88 valence electrons. The zero-order chi connectivity index (χ0) is 12.6. The molecule has 0 aliphatic rings. The number of aromatic nitrogens is 1. The van der Waals surface area contributed by atoms with Gasteiger partial charge in [0.25, 0.3) is 5.69 Å². The maximum Gasteiger partial charge on any atom is 0.295 e. The number of hydrogen-bond acceptors (Lipinski definition) is 3. The van der Waals surface area contributed by atoms with Crippen molar-refractivity contribution >= 4 is 64.4 Å². The number of alkyl halides is 3. The maximum absolute atomic E-state index is 10.9. The summed E-state index contributed by atoms with van der Waals surface area (Å²) in [5.41, 5.74) is 0.984. The molecule has 1 aromatic heterocycles. The lowest BCUT2D eigenvalue weighted by Gasteiger charge is -2.11. The van der Waals surface area contributed by atoms with Crippen molar-refractivity contribution in [2.45, 2.75) is 2.14 Å². The number of para-hydroxylation sites is 1. The Morgan fingerprint density at radius 3 is 2.47 bits per heavy atom. The van der Waals surface area contributed by atoms with Crippen molar-refractivity contribution in [1.82, 2.24) is 4.98 Å². The van der Waals surface area contributed by atoms with Crippen molar-refractivity contribution in [3.05, 3.63) is 46.1 Å². The standard InChI is InChI=1S/C10H5Br3N2O2/c11-10(12,13)8-5-4-6-2-1-3-7(15(16)17)9(6)14-8/h1-5H. The lowest BCUT2D eigenvalue weighted by atomic mass is 10.2. The fourth-order valence-electron chi connectivity index (χ4n) is 1.44. The third kappa shape index (κ3) is 2.66. The molecule has 0 saturated carbocycles. The van der Waals surface area contributed by atoms with Gasteiger partial charge in [0.05, 0.1) is 10.6 Å². The number of pyridine rings is 1. The van der Waals surface area contributed by atoms with Crippen molar-refractivity contribution in [3.8, 4) is 0 Å². The second kappa shape index (κ2) is 4.62. The molecule has 0 amide bonds. The molecule has 0 aliphatic carbocycles. The van der Waals surface area contributed by atoms with Crippen molar-refractivity contribution in [2.75, 3.05) is 0 Å². The zero-order valence-electron chi connectivity index (χ0n) is 8.23. The van der Waals surface area contributed by atoms with Gasteiger partial charge in [0.2, 0.25) is 0 Å². The van der Waals surface area contributed by atoms with Crippen LogP contribution in [-0.4, -0.2) is 9.91 Å². The second-order valence-electron chi connectivity index (χ2n) is 3.30. The van der Waals surface area contributed by atoms with Crippen LogP contribution < -0.4 is 0 Å². The molecule has 2 aromatic rings. The van der Waals surface area contributed by atoms with Gasteiger partial charge < -0.3 is 0 Å². The monoisotopic (exact) mass is 422 g/mol. The van der Waals surface area contributed by atoms with Crippen LogP contribution >= 0.6 is 47.8 Å². The number of fused-ring (bicyclic) bond motifs is 1. The number of halogens is 3. The van der Waals surface area contributed by atoms with Crippen LogP contribution in [0.5, 0.6) is 0 Å². The summed E-state index contributed by atoms with van der Waals surface area (Å²) < 4.78 is -0.676. The minimum Gasteiger partial charge on any atom is -0.258 e. The molecule has 0 unspecified atom stereocenters. The van der Waals surface area contributed by atoms with E-state index in [1.807, 2.05) is 0 Å². The molecule has 2 rings (SSSR count). The second-order valence-corrected chi connectivity index (χ2v) is 10.1. The van der Waals surface area contributed by atoms with Gasteiger partial charge in [-0.1, -0.05) is 66.0 Å². The summed E-state index contributed by atoms with van der Waals surface area (Å²) in [6.45, 7) is 0. The Kier molecular flexibility index (Phi) is 3.51. The van der Waals surface area contributed by atoms with E-state index < -0.39 is 7.07 Å². The van der Waals surface area contributed by atoms with Gasteiger partial charge in [-0.2, -0.15) is 0 Å². The summed E-state index contributed by atoms with van der Waals surface area (Å²) >= 11 is 10.0. The molecule has 7 heteroatoms. The van der Waals surface area contributed by atoms with Crippen LogP contribution in [0.4, 0.5) is 5.69 Å². The lowest BCUT2D eigenvalue weighted by Crippen LogP contribution is -2.02. The predicted molar refractivity (Wildman–Crippen MR) is 76.9 cm³/mol. The molecular formula is C10H5Br3N2O2. The van der Waals surface area contributed by atoms with Crippen LogP contribution in [0.3, 0.4) is 0 Å². The number of nitrogens with zero attached hydrogens (tertiary/aromatic N) is 2. The fourth-order valence-corrected chi connectivity index (χ4v) is 2.10. The number of hydrogen-bond donors (Lipinski definition) is 0.